The number of nitrogens with zero attached hydrogens (tertiary/aromatic N) is 1. The van der Waals surface area contributed by atoms with Crippen molar-refractivity contribution in [2.45, 2.75) is 26.3 Å². The molecule has 0 radical (unpaired) electrons. The molecule has 66 valence electrons. The van der Waals surface area contributed by atoms with Crippen molar-refractivity contribution in [3.05, 3.63) is 21.4 Å². The van der Waals surface area contributed by atoms with Crippen molar-refractivity contribution in [1.82, 2.24) is 4.90 Å². The van der Waals surface area contributed by atoms with Crippen LogP contribution in [0.2, 0.25) is 0 Å². The van der Waals surface area contributed by atoms with Gasteiger partial charge in [0.05, 0.1) is 0 Å². The molecule has 1 aromatic heterocycles. The average Bonchev–Trinajstić information content (AvgIpc) is 2.29. The summed E-state index contributed by atoms with van der Waals surface area (Å²) in [5.41, 5.74) is 1.59. The zero-order valence-corrected chi connectivity index (χ0v) is 8.74. The van der Waals surface area contributed by atoms with Gasteiger partial charge in [-0.15, -0.1) is 11.3 Å². The lowest BCUT2D eigenvalue weighted by Crippen LogP contribution is -2.27. The monoisotopic (exact) mass is 181 g/mol. The van der Waals surface area contributed by atoms with Gasteiger partial charge < -0.3 is 4.90 Å². The Labute approximate surface area is 78.0 Å². The number of hydrogen-bond acceptors (Lipinski definition) is 2. The van der Waals surface area contributed by atoms with Crippen molar-refractivity contribution in [3.63, 3.8) is 0 Å². The Morgan fingerprint density at radius 3 is 3.08 bits per heavy atom. The molecule has 0 aromatic carbocycles. The lowest BCUT2D eigenvalue weighted by Gasteiger charge is -2.27. The smallest absolute Gasteiger partial charge is 0.0328 e. The van der Waals surface area contributed by atoms with E-state index < -0.39 is 0 Å². The highest BCUT2D eigenvalue weighted by molar-refractivity contribution is 7.12. The Balaban J connectivity index is 2.40. The highest BCUT2D eigenvalue weighted by Gasteiger charge is 2.21. The number of hydrogen-bond donors (Lipinski definition) is 0. The fourth-order valence-electron chi connectivity index (χ4n) is 2.00. The molecule has 0 fully saturated rings. The molecule has 0 saturated carbocycles. The molecule has 1 aliphatic rings. The third-order valence-electron chi connectivity index (χ3n) is 2.49. The van der Waals surface area contributed by atoms with Gasteiger partial charge in [0.15, 0.2) is 0 Å². The minimum atomic E-state index is 0.726. The quantitative estimate of drug-likeness (QED) is 0.594. The maximum atomic E-state index is 2.41. The molecule has 2 heterocycles. The van der Waals surface area contributed by atoms with Gasteiger partial charge in [-0.05, 0) is 31.5 Å². The summed E-state index contributed by atoms with van der Waals surface area (Å²) in [7, 11) is 2.20. The zero-order chi connectivity index (χ0) is 8.72. The van der Waals surface area contributed by atoms with Crippen LogP contribution < -0.4 is 0 Å². The Bertz CT molecular complexity index is 290. The number of fused-ring (bicyclic) bond motifs is 1. The van der Waals surface area contributed by atoms with Crippen LogP contribution in [0, 0.1) is 6.92 Å². The predicted molar refractivity (Wildman–Crippen MR) is 53.8 cm³/mol. The van der Waals surface area contributed by atoms with Crippen molar-refractivity contribution in [3.8, 4) is 0 Å². The highest BCUT2D eigenvalue weighted by Crippen LogP contribution is 2.33. The molecular weight excluding hydrogens is 166 g/mol. The summed E-state index contributed by atoms with van der Waals surface area (Å²) in [5, 5.41) is 0. The second kappa shape index (κ2) is 2.86. The van der Waals surface area contributed by atoms with E-state index in [0.29, 0.717) is 0 Å². The minimum absolute atomic E-state index is 0.726. The van der Waals surface area contributed by atoms with Crippen molar-refractivity contribution < 1.29 is 0 Å². The Kier molecular flexibility index (Phi) is 1.97. The van der Waals surface area contributed by atoms with E-state index in [2.05, 4.69) is 31.9 Å². The predicted octanol–water partition coefficient (Wildman–Crippen LogP) is 2.61. The van der Waals surface area contributed by atoms with Gasteiger partial charge in [-0.25, -0.2) is 0 Å². The molecule has 1 nitrogen and oxygen atoms in total. The van der Waals surface area contributed by atoms with Crippen LogP contribution in [-0.4, -0.2) is 18.5 Å². The van der Waals surface area contributed by atoms with Crippen LogP contribution in [0.25, 0.3) is 0 Å². The third-order valence-corrected chi connectivity index (χ3v) is 3.55. The molecule has 0 bridgehead atoms. The van der Waals surface area contributed by atoms with Crippen LogP contribution in [0.5, 0.6) is 0 Å². The highest BCUT2D eigenvalue weighted by atomic mass is 32.1. The summed E-state index contributed by atoms with van der Waals surface area (Å²) in [6, 6.07) is 2.36. The molecule has 2 rings (SSSR count). The van der Waals surface area contributed by atoms with Crippen LogP contribution in [0.15, 0.2) is 6.07 Å². The van der Waals surface area contributed by atoms with Gasteiger partial charge in [-0.3, -0.25) is 0 Å². The Hall–Kier alpha value is -0.340. The van der Waals surface area contributed by atoms with E-state index >= 15 is 0 Å². The second-order valence-electron chi connectivity index (χ2n) is 3.83. The number of likely N-dealkylation sites (N-methyl/N-ethyl adjacent to an activating group) is 1. The van der Waals surface area contributed by atoms with E-state index in [1.54, 1.807) is 10.4 Å². The summed E-state index contributed by atoms with van der Waals surface area (Å²) in [6.45, 7) is 6.89. The fraction of sp³-hybridized carbons (Fsp3) is 0.600. The normalized spacial score (nSPS) is 24.1. The van der Waals surface area contributed by atoms with Gasteiger partial charge in [0.25, 0.3) is 0 Å². The minimum Gasteiger partial charge on any atom is -0.301 e. The molecule has 0 spiro atoms. The van der Waals surface area contributed by atoms with E-state index in [0.717, 1.165) is 12.5 Å². The average molecular weight is 181 g/mol. The maximum Gasteiger partial charge on any atom is 0.0328 e. The lowest BCUT2D eigenvalue weighted by atomic mass is 9.97. The van der Waals surface area contributed by atoms with Gasteiger partial charge in [0.2, 0.25) is 0 Å². The number of rotatable bonds is 0. The molecular formula is C10H15NS. The van der Waals surface area contributed by atoms with Crippen LogP contribution in [0.1, 0.15) is 28.2 Å². The largest absolute Gasteiger partial charge is 0.301 e. The first-order valence-electron chi connectivity index (χ1n) is 4.44. The van der Waals surface area contributed by atoms with Gasteiger partial charge in [0, 0.05) is 22.8 Å². The van der Waals surface area contributed by atoms with E-state index in [4.69, 9.17) is 0 Å². The van der Waals surface area contributed by atoms with E-state index in [1.807, 2.05) is 11.3 Å². The summed E-state index contributed by atoms with van der Waals surface area (Å²) >= 11 is 1.96. The molecule has 1 aliphatic heterocycles. The van der Waals surface area contributed by atoms with E-state index in [1.165, 1.54) is 11.4 Å². The number of aryl methyl sites for hydroxylation is 1. The van der Waals surface area contributed by atoms with Crippen molar-refractivity contribution >= 4 is 11.3 Å². The summed E-state index contributed by atoms with van der Waals surface area (Å²) < 4.78 is 0. The van der Waals surface area contributed by atoms with Gasteiger partial charge >= 0.3 is 0 Å². The molecule has 0 unspecified atom stereocenters. The molecule has 12 heavy (non-hydrogen) atoms. The van der Waals surface area contributed by atoms with E-state index in [-0.39, 0.29) is 0 Å². The Morgan fingerprint density at radius 2 is 2.33 bits per heavy atom. The van der Waals surface area contributed by atoms with Gasteiger partial charge in [0.1, 0.15) is 0 Å². The molecule has 2 heteroatoms. The second-order valence-corrected chi connectivity index (χ2v) is 5.17. The lowest BCUT2D eigenvalue weighted by molar-refractivity contribution is 0.292. The SMILES string of the molecule is Cc1cc2c(s1)CN(C)C[C@H]2C. The summed E-state index contributed by atoms with van der Waals surface area (Å²) in [6.07, 6.45) is 0. The van der Waals surface area contributed by atoms with Gasteiger partial charge in [-0.1, -0.05) is 6.92 Å². The van der Waals surface area contributed by atoms with Crippen molar-refractivity contribution in [2.75, 3.05) is 13.6 Å². The zero-order valence-electron chi connectivity index (χ0n) is 7.92. The first-order chi connectivity index (χ1) is 5.66. The molecule has 0 saturated heterocycles. The summed E-state index contributed by atoms with van der Waals surface area (Å²) in [5.74, 6) is 0.726. The third kappa shape index (κ3) is 1.29. The van der Waals surface area contributed by atoms with Crippen molar-refractivity contribution in [1.29, 1.82) is 0 Å². The van der Waals surface area contributed by atoms with Crippen molar-refractivity contribution in [2.24, 2.45) is 0 Å². The number of thiophene rings is 1. The molecule has 1 atom stereocenters. The summed E-state index contributed by atoms with van der Waals surface area (Å²) in [4.78, 5) is 5.44. The van der Waals surface area contributed by atoms with E-state index in [9.17, 15) is 0 Å². The molecule has 0 amide bonds. The van der Waals surface area contributed by atoms with Crippen LogP contribution in [0.4, 0.5) is 0 Å². The van der Waals surface area contributed by atoms with Gasteiger partial charge in [-0.2, -0.15) is 0 Å². The maximum absolute atomic E-state index is 2.41. The topological polar surface area (TPSA) is 3.24 Å². The molecule has 0 N–H and O–H groups in total. The first kappa shape index (κ1) is 8.27. The first-order valence-corrected chi connectivity index (χ1v) is 5.26. The standard InChI is InChI=1S/C10H15NS/c1-7-5-11(3)6-10-9(7)4-8(2)12-10/h4,7H,5-6H2,1-3H3/t7-/m1/s1. The van der Waals surface area contributed by atoms with Crippen LogP contribution in [0.3, 0.4) is 0 Å². The molecule has 1 aromatic rings. The van der Waals surface area contributed by atoms with Crippen LogP contribution >= 0.6 is 11.3 Å². The van der Waals surface area contributed by atoms with Crippen LogP contribution in [-0.2, 0) is 6.54 Å². The molecule has 0 aliphatic carbocycles. The fourth-order valence-corrected chi connectivity index (χ4v) is 3.24. The Morgan fingerprint density at radius 1 is 1.58 bits per heavy atom.